The van der Waals surface area contributed by atoms with Gasteiger partial charge in [0.15, 0.2) is 5.78 Å². The lowest BCUT2D eigenvalue weighted by Crippen LogP contribution is -1.99. The number of aryl methyl sites for hydroxylation is 1. The van der Waals surface area contributed by atoms with Crippen molar-refractivity contribution < 1.29 is 14.3 Å². The van der Waals surface area contributed by atoms with Crippen LogP contribution in [-0.2, 0) is 16.0 Å². The lowest BCUT2D eigenvalue weighted by molar-refractivity contribution is -0.140. The van der Waals surface area contributed by atoms with Gasteiger partial charge in [-0.15, -0.1) is 0 Å². The Morgan fingerprint density at radius 3 is 2.28 bits per heavy atom. The Morgan fingerprint density at radius 1 is 1.06 bits per heavy atom. The molecule has 0 aliphatic carbocycles. The molecule has 0 aromatic heterocycles. The minimum Gasteiger partial charge on any atom is -0.469 e. The summed E-state index contributed by atoms with van der Waals surface area (Å²) in [5.41, 5.74) is 1.99. The summed E-state index contributed by atoms with van der Waals surface area (Å²) in [7, 11) is 1.42. The number of carbonyl (C=O) groups excluding carboxylic acids is 2. The number of unbranched alkanes of at least 4 members (excludes halogenated alkanes) is 2. The van der Waals surface area contributed by atoms with E-state index >= 15 is 0 Å². The quantitative estimate of drug-likeness (QED) is 0.423. The molecule has 3 nitrogen and oxygen atoms in total. The molecule has 0 bridgehead atoms. The number of ether oxygens (including phenoxy) is 1. The van der Waals surface area contributed by atoms with Crippen LogP contribution in [0.5, 0.6) is 0 Å². The minimum atomic E-state index is -0.138. The van der Waals surface area contributed by atoms with Crippen LogP contribution in [0.1, 0.15) is 48.5 Å². The van der Waals surface area contributed by atoms with Crippen LogP contribution in [0.15, 0.2) is 24.3 Å². The van der Waals surface area contributed by atoms with E-state index in [1.165, 1.54) is 12.7 Å². The monoisotopic (exact) mass is 248 g/mol. The van der Waals surface area contributed by atoms with Crippen LogP contribution in [0, 0.1) is 0 Å². The van der Waals surface area contributed by atoms with Gasteiger partial charge >= 0.3 is 5.97 Å². The molecule has 0 aliphatic rings. The number of hydrogen-bond acceptors (Lipinski definition) is 3. The number of esters is 1. The van der Waals surface area contributed by atoms with Crippen LogP contribution < -0.4 is 0 Å². The molecule has 0 N–H and O–H groups in total. The molecule has 0 fully saturated rings. The van der Waals surface area contributed by atoms with Crippen molar-refractivity contribution in [2.75, 3.05) is 7.11 Å². The van der Waals surface area contributed by atoms with E-state index in [4.69, 9.17) is 0 Å². The first-order valence-electron chi connectivity index (χ1n) is 6.30. The zero-order chi connectivity index (χ0) is 13.4. The first kappa shape index (κ1) is 14.4. The van der Waals surface area contributed by atoms with E-state index in [9.17, 15) is 9.59 Å². The van der Waals surface area contributed by atoms with Gasteiger partial charge in [0.2, 0.25) is 0 Å². The third kappa shape index (κ3) is 5.13. The van der Waals surface area contributed by atoms with Crippen LogP contribution >= 0.6 is 0 Å². The topological polar surface area (TPSA) is 43.4 Å². The number of rotatable bonds is 7. The third-order valence-corrected chi connectivity index (χ3v) is 2.93. The van der Waals surface area contributed by atoms with E-state index in [2.05, 4.69) is 4.74 Å². The van der Waals surface area contributed by atoms with Gasteiger partial charge in [0.1, 0.15) is 0 Å². The molecule has 0 radical (unpaired) electrons. The fourth-order valence-corrected chi connectivity index (χ4v) is 1.78. The molecule has 18 heavy (non-hydrogen) atoms. The SMILES string of the molecule is COC(=O)CCCCCc1ccc(C(C)=O)cc1. The molecule has 0 aliphatic heterocycles. The highest BCUT2D eigenvalue weighted by atomic mass is 16.5. The van der Waals surface area contributed by atoms with E-state index in [-0.39, 0.29) is 11.8 Å². The summed E-state index contributed by atoms with van der Waals surface area (Å²) in [5, 5.41) is 0. The van der Waals surface area contributed by atoms with E-state index in [1.807, 2.05) is 24.3 Å². The number of hydrogen-bond donors (Lipinski definition) is 0. The second-order valence-corrected chi connectivity index (χ2v) is 4.39. The molecular formula is C15H20O3. The van der Waals surface area contributed by atoms with Gasteiger partial charge in [-0.25, -0.2) is 0 Å². The average Bonchev–Trinajstić information content (AvgIpc) is 2.38. The van der Waals surface area contributed by atoms with Gasteiger partial charge in [-0.3, -0.25) is 9.59 Å². The van der Waals surface area contributed by atoms with Crippen molar-refractivity contribution in [1.82, 2.24) is 0 Å². The second kappa shape index (κ2) is 7.64. The van der Waals surface area contributed by atoms with Gasteiger partial charge < -0.3 is 4.74 Å². The molecule has 1 aromatic rings. The Morgan fingerprint density at radius 2 is 1.72 bits per heavy atom. The van der Waals surface area contributed by atoms with Crippen LogP contribution in [0.3, 0.4) is 0 Å². The van der Waals surface area contributed by atoms with Crippen LogP contribution in [0.25, 0.3) is 0 Å². The number of Topliss-reactive ketones (excluding diaryl/α,β-unsaturated/α-hetero) is 1. The van der Waals surface area contributed by atoms with Crippen molar-refractivity contribution in [3.8, 4) is 0 Å². The first-order chi connectivity index (χ1) is 8.63. The highest BCUT2D eigenvalue weighted by Gasteiger charge is 2.01. The van der Waals surface area contributed by atoms with Crippen molar-refractivity contribution >= 4 is 11.8 Å². The van der Waals surface area contributed by atoms with Gasteiger partial charge in [0.05, 0.1) is 7.11 Å². The van der Waals surface area contributed by atoms with Crippen LogP contribution in [0.2, 0.25) is 0 Å². The Bertz CT molecular complexity index is 393. The Kier molecular flexibility index (Phi) is 6.12. The molecule has 0 atom stereocenters. The Hall–Kier alpha value is -1.64. The molecular weight excluding hydrogens is 228 g/mol. The molecule has 0 unspecified atom stereocenters. The molecule has 98 valence electrons. The number of benzene rings is 1. The number of carbonyl (C=O) groups is 2. The smallest absolute Gasteiger partial charge is 0.305 e. The van der Waals surface area contributed by atoms with E-state index in [0.717, 1.165) is 31.2 Å². The van der Waals surface area contributed by atoms with E-state index in [1.54, 1.807) is 6.92 Å². The van der Waals surface area contributed by atoms with Crippen molar-refractivity contribution in [1.29, 1.82) is 0 Å². The molecule has 3 heteroatoms. The summed E-state index contributed by atoms with van der Waals surface area (Å²) in [6.45, 7) is 1.57. The summed E-state index contributed by atoms with van der Waals surface area (Å²) >= 11 is 0. The maximum Gasteiger partial charge on any atom is 0.305 e. The van der Waals surface area contributed by atoms with Crippen molar-refractivity contribution in [3.05, 3.63) is 35.4 Å². The zero-order valence-corrected chi connectivity index (χ0v) is 11.1. The van der Waals surface area contributed by atoms with Gasteiger partial charge in [-0.1, -0.05) is 30.7 Å². The average molecular weight is 248 g/mol. The van der Waals surface area contributed by atoms with Crippen molar-refractivity contribution in [2.45, 2.75) is 39.0 Å². The Labute approximate surface area is 108 Å². The summed E-state index contributed by atoms with van der Waals surface area (Å²) in [5.74, 6) is -0.0413. The summed E-state index contributed by atoms with van der Waals surface area (Å²) < 4.78 is 4.58. The van der Waals surface area contributed by atoms with Gasteiger partial charge in [-0.2, -0.15) is 0 Å². The summed E-state index contributed by atoms with van der Waals surface area (Å²) in [6, 6.07) is 7.73. The fraction of sp³-hybridized carbons (Fsp3) is 0.467. The molecule has 0 saturated carbocycles. The highest BCUT2D eigenvalue weighted by molar-refractivity contribution is 5.93. The highest BCUT2D eigenvalue weighted by Crippen LogP contribution is 2.10. The molecule has 0 heterocycles. The van der Waals surface area contributed by atoms with Crippen molar-refractivity contribution in [2.24, 2.45) is 0 Å². The summed E-state index contributed by atoms with van der Waals surface area (Å²) in [6.07, 6.45) is 4.43. The van der Waals surface area contributed by atoms with Gasteiger partial charge in [0.25, 0.3) is 0 Å². The second-order valence-electron chi connectivity index (χ2n) is 4.39. The number of methoxy groups -OCH3 is 1. The molecule has 0 spiro atoms. The van der Waals surface area contributed by atoms with Gasteiger partial charge in [0, 0.05) is 12.0 Å². The molecule has 0 saturated heterocycles. The van der Waals surface area contributed by atoms with Crippen LogP contribution in [-0.4, -0.2) is 18.9 Å². The molecule has 1 rings (SSSR count). The van der Waals surface area contributed by atoms with E-state index in [0.29, 0.717) is 6.42 Å². The Balaban J connectivity index is 2.23. The largest absolute Gasteiger partial charge is 0.469 e. The predicted molar refractivity (Wildman–Crippen MR) is 70.6 cm³/mol. The summed E-state index contributed by atoms with van der Waals surface area (Å²) in [4.78, 5) is 22.0. The first-order valence-corrected chi connectivity index (χ1v) is 6.30. The maximum absolute atomic E-state index is 11.1. The maximum atomic E-state index is 11.1. The third-order valence-electron chi connectivity index (χ3n) is 2.93. The number of ketones is 1. The minimum absolute atomic E-state index is 0.0969. The van der Waals surface area contributed by atoms with Gasteiger partial charge in [-0.05, 0) is 31.7 Å². The molecule has 1 aromatic carbocycles. The standard InChI is InChI=1S/C15H20O3/c1-12(16)14-10-8-13(9-11-14)6-4-3-5-7-15(17)18-2/h8-11H,3-7H2,1-2H3. The predicted octanol–water partition coefficient (Wildman–Crippen LogP) is 3.17. The lowest BCUT2D eigenvalue weighted by Gasteiger charge is -2.03. The molecule has 0 amide bonds. The van der Waals surface area contributed by atoms with Crippen molar-refractivity contribution in [3.63, 3.8) is 0 Å². The van der Waals surface area contributed by atoms with E-state index < -0.39 is 0 Å². The fourth-order valence-electron chi connectivity index (χ4n) is 1.78. The zero-order valence-electron chi connectivity index (χ0n) is 11.1. The lowest BCUT2D eigenvalue weighted by atomic mass is 10.0. The normalized spacial score (nSPS) is 10.1. The van der Waals surface area contributed by atoms with Crippen LogP contribution in [0.4, 0.5) is 0 Å².